The second kappa shape index (κ2) is 10.5. The van der Waals surface area contributed by atoms with Crippen molar-refractivity contribution in [2.45, 2.75) is 25.5 Å². The highest BCUT2D eigenvalue weighted by atomic mass is 16.5. The summed E-state index contributed by atoms with van der Waals surface area (Å²) in [6, 6.07) is 21.7. The molecular formula is C23H27N3O2. The smallest absolute Gasteiger partial charge is 0.274 e. The maximum Gasteiger partial charge on any atom is 0.274 e. The molecule has 0 unspecified atom stereocenters. The van der Waals surface area contributed by atoms with Gasteiger partial charge in [-0.1, -0.05) is 60.7 Å². The molecule has 0 amide bonds. The summed E-state index contributed by atoms with van der Waals surface area (Å²) in [5.74, 6) is 0. The Morgan fingerprint density at radius 1 is 1.00 bits per heavy atom. The quantitative estimate of drug-likeness (QED) is 0.548. The third kappa shape index (κ3) is 5.38. The Kier molecular flexibility index (Phi) is 7.53. The topological polar surface area (TPSA) is 56.1 Å². The van der Waals surface area contributed by atoms with E-state index in [0.717, 1.165) is 31.5 Å². The van der Waals surface area contributed by atoms with Gasteiger partial charge in [0.25, 0.3) is 5.56 Å². The van der Waals surface area contributed by atoms with E-state index in [1.165, 1.54) is 5.56 Å². The molecule has 0 fully saturated rings. The number of rotatable bonds is 10. The van der Waals surface area contributed by atoms with Crippen molar-refractivity contribution in [1.29, 1.82) is 0 Å². The molecule has 2 aromatic carbocycles. The number of hydrogen-bond acceptors (Lipinski definition) is 4. The van der Waals surface area contributed by atoms with E-state index < -0.39 is 0 Å². The minimum atomic E-state index is -0.0369. The van der Waals surface area contributed by atoms with Gasteiger partial charge in [-0.05, 0) is 36.6 Å². The van der Waals surface area contributed by atoms with Crippen molar-refractivity contribution in [1.82, 2.24) is 15.1 Å². The molecule has 28 heavy (non-hydrogen) atoms. The third-order valence-corrected chi connectivity index (χ3v) is 4.76. The lowest BCUT2D eigenvalue weighted by molar-refractivity contribution is 0.102. The summed E-state index contributed by atoms with van der Waals surface area (Å²) in [4.78, 5) is 12.6. The summed E-state index contributed by atoms with van der Waals surface area (Å²) in [6.45, 7) is 2.26. The van der Waals surface area contributed by atoms with E-state index in [9.17, 15) is 4.79 Å². The van der Waals surface area contributed by atoms with Gasteiger partial charge in [0.1, 0.15) is 0 Å². The van der Waals surface area contributed by atoms with E-state index in [4.69, 9.17) is 4.74 Å². The Bertz CT molecular complexity index is 894. The highest BCUT2D eigenvalue weighted by Crippen LogP contribution is 2.15. The SMILES string of the molecule is CO[C@@H](CNCCCCn1nccc(-c2ccccc2)c1=O)c1ccccc1. The van der Waals surface area contributed by atoms with Crippen molar-refractivity contribution < 1.29 is 4.74 Å². The Morgan fingerprint density at radius 3 is 2.43 bits per heavy atom. The first-order chi connectivity index (χ1) is 13.8. The highest BCUT2D eigenvalue weighted by Gasteiger charge is 2.09. The zero-order chi connectivity index (χ0) is 19.6. The Labute approximate surface area is 166 Å². The lowest BCUT2D eigenvalue weighted by Crippen LogP contribution is -2.26. The highest BCUT2D eigenvalue weighted by molar-refractivity contribution is 5.61. The van der Waals surface area contributed by atoms with Crippen LogP contribution in [0.5, 0.6) is 0 Å². The normalized spacial score (nSPS) is 12.0. The number of nitrogens with one attached hydrogen (secondary N) is 1. The Balaban J connectivity index is 1.45. The summed E-state index contributed by atoms with van der Waals surface area (Å²) in [5, 5.41) is 7.67. The van der Waals surface area contributed by atoms with E-state index in [2.05, 4.69) is 22.5 Å². The molecule has 0 aliphatic carbocycles. The fraction of sp³-hybridized carbons (Fsp3) is 0.304. The minimum Gasteiger partial charge on any atom is -0.375 e. The molecule has 0 saturated heterocycles. The van der Waals surface area contributed by atoms with Crippen LogP contribution in [0.15, 0.2) is 77.7 Å². The van der Waals surface area contributed by atoms with Gasteiger partial charge in [0, 0.05) is 26.4 Å². The first kappa shape index (κ1) is 20.0. The molecule has 1 atom stereocenters. The Hall–Kier alpha value is -2.76. The van der Waals surface area contributed by atoms with Crippen LogP contribution in [0, 0.1) is 0 Å². The lowest BCUT2D eigenvalue weighted by atomic mass is 10.1. The van der Waals surface area contributed by atoms with Gasteiger partial charge in [-0.2, -0.15) is 5.10 Å². The fourth-order valence-electron chi connectivity index (χ4n) is 3.20. The van der Waals surface area contributed by atoms with Gasteiger partial charge in [-0.3, -0.25) is 4.79 Å². The molecule has 0 aliphatic heterocycles. The van der Waals surface area contributed by atoms with Crippen molar-refractivity contribution in [3.63, 3.8) is 0 Å². The Morgan fingerprint density at radius 2 is 1.71 bits per heavy atom. The van der Waals surface area contributed by atoms with Crippen LogP contribution in [0.4, 0.5) is 0 Å². The molecule has 1 heterocycles. The van der Waals surface area contributed by atoms with E-state index in [0.29, 0.717) is 12.1 Å². The second-order valence-corrected chi connectivity index (χ2v) is 6.69. The monoisotopic (exact) mass is 377 g/mol. The van der Waals surface area contributed by atoms with Crippen molar-refractivity contribution in [3.8, 4) is 11.1 Å². The van der Waals surface area contributed by atoms with E-state index in [1.807, 2.05) is 48.5 Å². The molecule has 0 bridgehead atoms. The summed E-state index contributed by atoms with van der Waals surface area (Å²) in [6.07, 6.45) is 3.61. The lowest BCUT2D eigenvalue weighted by Gasteiger charge is -2.16. The van der Waals surface area contributed by atoms with Crippen LogP contribution in [0.2, 0.25) is 0 Å². The average molecular weight is 377 g/mol. The third-order valence-electron chi connectivity index (χ3n) is 4.76. The molecule has 1 aromatic heterocycles. The zero-order valence-electron chi connectivity index (χ0n) is 16.3. The maximum absolute atomic E-state index is 12.6. The molecule has 5 heteroatoms. The molecule has 3 rings (SSSR count). The van der Waals surface area contributed by atoms with Gasteiger partial charge < -0.3 is 10.1 Å². The fourth-order valence-corrected chi connectivity index (χ4v) is 3.20. The summed E-state index contributed by atoms with van der Waals surface area (Å²) in [5.41, 5.74) is 2.76. The molecule has 0 spiro atoms. The molecule has 1 N–H and O–H groups in total. The number of ether oxygens (including phenoxy) is 1. The summed E-state index contributed by atoms with van der Waals surface area (Å²) >= 11 is 0. The van der Waals surface area contributed by atoms with Crippen LogP contribution < -0.4 is 10.9 Å². The molecular weight excluding hydrogens is 350 g/mol. The number of benzene rings is 2. The van der Waals surface area contributed by atoms with Crippen molar-refractivity contribution in [2.75, 3.05) is 20.2 Å². The van der Waals surface area contributed by atoms with Crippen molar-refractivity contribution in [3.05, 3.63) is 88.8 Å². The van der Waals surface area contributed by atoms with Gasteiger partial charge in [-0.25, -0.2) is 4.68 Å². The van der Waals surface area contributed by atoms with Crippen LogP contribution >= 0.6 is 0 Å². The number of unbranched alkanes of at least 4 members (excludes halogenated alkanes) is 1. The van der Waals surface area contributed by atoms with Crippen LogP contribution in [0.3, 0.4) is 0 Å². The van der Waals surface area contributed by atoms with E-state index in [-0.39, 0.29) is 11.7 Å². The molecule has 146 valence electrons. The van der Waals surface area contributed by atoms with Gasteiger partial charge in [0.05, 0.1) is 11.7 Å². The largest absolute Gasteiger partial charge is 0.375 e. The number of aromatic nitrogens is 2. The van der Waals surface area contributed by atoms with E-state index in [1.54, 1.807) is 24.1 Å². The van der Waals surface area contributed by atoms with Crippen molar-refractivity contribution >= 4 is 0 Å². The first-order valence-electron chi connectivity index (χ1n) is 9.69. The predicted octanol–water partition coefficient (Wildman–Crippen LogP) is 3.67. The molecule has 3 aromatic rings. The maximum atomic E-state index is 12.6. The van der Waals surface area contributed by atoms with Crippen LogP contribution in [0.1, 0.15) is 24.5 Å². The first-order valence-corrected chi connectivity index (χ1v) is 9.69. The molecule has 0 aliphatic rings. The van der Waals surface area contributed by atoms with Gasteiger partial charge in [-0.15, -0.1) is 0 Å². The second-order valence-electron chi connectivity index (χ2n) is 6.69. The number of aryl methyl sites for hydroxylation is 1. The minimum absolute atomic E-state index is 0.0369. The number of nitrogens with zero attached hydrogens (tertiary/aromatic N) is 2. The van der Waals surface area contributed by atoms with E-state index >= 15 is 0 Å². The standard InChI is InChI=1S/C23H27N3O2/c1-28-22(20-12-6-3-7-13-20)18-24-15-8-9-17-26-23(27)21(14-16-25-26)19-10-4-2-5-11-19/h2-7,10-14,16,22,24H,8-9,15,17-18H2,1H3/t22-/m0/s1. The van der Waals surface area contributed by atoms with Crippen LogP contribution in [0.25, 0.3) is 11.1 Å². The van der Waals surface area contributed by atoms with Crippen molar-refractivity contribution in [2.24, 2.45) is 0 Å². The van der Waals surface area contributed by atoms with Crippen LogP contribution in [-0.2, 0) is 11.3 Å². The number of hydrogen-bond donors (Lipinski definition) is 1. The summed E-state index contributed by atoms with van der Waals surface area (Å²) < 4.78 is 7.13. The van der Waals surface area contributed by atoms with Gasteiger partial charge in [0.15, 0.2) is 0 Å². The predicted molar refractivity (Wildman–Crippen MR) is 112 cm³/mol. The number of methoxy groups -OCH3 is 1. The molecule has 0 radical (unpaired) electrons. The molecule has 5 nitrogen and oxygen atoms in total. The van der Waals surface area contributed by atoms with Crippen LogP contribution in [-0.4, -0.2) is 30.0 Å². The molecule has 0 saturated carbocycles. The summed E-state index contributed by atoms with van der Waals surface area (Å²) in [7, 11) is 1.73. The average Bonchev–Trinajstić information content (AvgIpc) is 2.75. The van der Waals surface area contributed by atoms with Gasteiger partial charge in [0.2, 0.25) is 0 Å². The zero-order valence-corrected chi connectivity index (χ0v) is 16.3. The van der Waals surface area contributed by atoms with Gasteiger partial charge >= 0.3 is 0 Å².